The van der Waals surface area contributed by atoms with Gasteiger partial charge in [-0.05, 0) is 25.1 Å². The quantitative estimate of drug-likeness (QED) is 0.471. The van der Waals surface area contributed by atoms with Crippen molar-refractivity contribution in [2.75, 3.05) is 24.5 Å². The van der Waals surface area contributed by atoms with Crippen LogP contribution in [0, 0.1) is 22.0 Å². The second-order valence-electron chi connectivity index (χ2n) is 6.01. The van der Waals surface area contributed by atoms with E-state index in [1.807, 2.05) is 42.2 Å². The van der Waals surface area contributed by atoms with Crippen LogP contribution in [0.5, 0.6) is 0 Å². The van der Waals surface area contributed by atoms with Gasteiger partial charge in [0.15, 0.2) is 0 Å². The van der Waals surface area contributed by atoms with Crippen LogP contribution in [0.4, 0.5) is 11.5 Å². The van der Waals surface area contributed by atoms with Gasteiger partial charge in [0.05, 0.1) is 4.92 Å². The van der Waals surface area contributed by atoms with Gasteiger partial charge in [-0.1, -0.05) is 24.1 Å². The van der Waals surface area contributed by atoms with E-state index >= 15 is 0 Å². The van der Waals surface area contributed by atoms with Crippen molar-refractivity contribution in [2.24, 2.45) is 0 Å². The number of hydrogen-bond donors (Lipinski definition) is 0. The molecular formula is C19H18N4O3. The predicted molar refractivity (Wildman–Crippen MR) is 97.6 cm³/mol. The Bertz CT molecular complexity index is 873. The number of hydrogen-bond acceptors (Lipinski definition) is 5. The second-order valence-corrected chi connectivity index (χ2v) is 6.01. The predicted octanol–water partition coefficient (Wildman–Crippen LogP) is 2.08. The Morgan fingerprint density at radius 1 is 1.23 bits per heavy atom. The SMILES string of the molecule is CC1CN(C(=O)C#Cc2ccccc2)CCN1c1ncccc1[N+](=O)[O-]. The highest BCUT2D eigenvalue weighted by molar-refractivity contribution is 5.94. The van der Waals surface area contributed by atoms with E-state index in [2.05, 4.69) is 16.8 Å². The van der Waals surface area contributed by atoms with Gasteiger partial charge in [0.1, 0.15) is 0 Å². The normalized spacial score (nSPS) is 16.6. The van der Waals surface area contributed by atoms with Gasteiger partial charge in [-0.3, -0.25) is 14.9 Å². The molecular weight excluding hydrogens is 332 g/mol. The highest BCUT2D eigenvalue weighted by atomic mass is 16.6. The highest BCUT2D eigenvalue weighted by Crippen LogP contribution is 2.28. The van der Waals surface area contributed by atoms with Crippen molar-refractivity contribution in [3.8, 4) is 11.8 Å². The minimum Gasteiger partial charge on any atom is -0.345 e. The molecule has 1 aromatic carbocycles. The fourth-order valence-corrected chi connectivity index (χ4v) is 2.94. The van der Waals surface area contributed by atoms with E-state index < -0.39 is 4.92 Å². The van der Waals surface area contributed by atoms with Gasteiger partial charge in [0.25, 0.3) is 5.91 Å². The third-order valence-corrected chi connectivity index (χ3v) is 4.24. The first-order valence-electron chi connectivity index (χ1n) is 8.28. The van der Waals surface area contributed by atoms with Gasteiger partial charge in [-0.15, -0.1) is 0 Å². The minimum atomic E-state index is -0.433. The number of rotatable bonds is 2. The minimum absolute atomic E-state index is 0.0250. The zero-order chi connectivity index (χ0) is 18.5. The molecule has 2 aromatic rings. The number of benzene rings is 1. The molecule has 7 heteroatoms. The Kier molecular flexibility index (Phi) is 5.13. The molecule has 1 atom stereocenters. The van der Waals surface area contributed by atoms with Crippen molar-refractivity contribution in [1.29, 1.82) is 0 Å². The highest BCUT2D eigenvalue weighted by Gasteiger charge is 2.30. The fourth-order valence-electron chi connectivity index (χ4n) is 2.94. The van der Waals surface area contributed by atoms with Crippen LogP contribution in [0.25, 0.3) is 0 Å². The van der Waals surface area contributed by atoms with Gasteiger partial charge in [0.2, 0.25) is 5.82 Å². The molecule has 0 aliphatic carbocycles. The largest absolute Gasteiger partial charge is 0.345 e. The van der Waals surface area contributed by atoms with Crippen molar-refractivity contribution >= 4 is 17.4 Å². The van der Waals surface area contributed by atoms with E-state index in [1.54, 1.807) is 11.0 Å². The van der Waals surface area contributed by atoms with Crippen molar-refractivity contribution in [3.63, 3.8) is 0 Å². The Hall–Kier alpha value is -3.40. The summed E-state index contributed by atoms with van der Waals surface area (Å²) in [7, 11) is 0. The van der Waals surface area contributed by atoms with E-state index in [9.17, 15) is 14.9 Å². The molecule has 0 N–H and O–H groups in total. The molecule has 1 unspecified atom stereocenters. The van der Waals surface area contributed by atoms with Gasteiger partial charge in [-0.2, -0.15) is 0 Å². The van der Waals surface area contributed by atoms with Crippen LogP contribution in [0.3, 0.4) is 0 Å². The summed E-state index contributed by atoms with van der Waals surface area (Å²) in [4.78, 5) is 30.8. The zero-order valence-electron chi connectivity index (χ0n) is 14.3. The molecule has 1 aromatic heterocycles. The second kappa shape index (κ2) is 7.66. The number of piperazine rings is 1. The average Bonchev–Trinajstić information content (AvgIpc) is 2.67. The van der Waals surface area contributed by atoms with Crippen LogP contribution in [0.15, 0.2) is 48.7 Å². The summed E-state index contributed by atoms with van der Waals surface area (Å²) in [5.74, 6) is 5.64. The molecule has 1 aliphatic heterocycles. The number of aromatic nitrogens is 1. The Morgan fingerprint density at radius 2 is 2.00 bits per heavy atom. The van der Waals surface area contributed by atoms with E-state index in [-0.39, 0.29) is 17.6 Å². The summed E-state index contributed by atoms with van der Waals surface area (Å²) in [6.45, 7) is 3.27. The first-order valence-corrected chi connectivity index (χ1v) is 8.28. The Morgan fingerprint density at radius 3 is 2.69 bits per heavy atom. The molecule has 0 radical (unpaired) electrons. The standard InChI is InChI=1S/C19H18N4O3/c1-15-14-21(18(24)10-9-16-6-3-2-4-7-16)12-13-22(15)19-17(23(25)26)8-5-11-20-19/h2-8,11,15H,12-14H2,1H3. The number of carbonyl (C=O) groups is 1. The van der Waals surface area contributed by atoms with Crippen molar-refractivity contribution in [2.45, 2.75) is 13.0 Å². The summed E-state index contributed by atoms with van der Waals surface area (Å²) in [6, 6.07) is 12.2. The Labute approximate surface area is 151 Å². The van der Waals surface area contributed by atoms with Gasteiger partial charge in [-0.25, -0.2) is 4.98 Å². The average molecular weight is 350 g/mol. The van der Waals surface area contributed by atoms with Crippen LogP contribution in [-0.4, -0.2) is 46.4 Å². The third-order valence-electron chi connectivity index (χ3n) is 4.24. The monoisotopic (exact) mass is 350 g/mol. The number of nitro groups is 1. The molecule has 1 fully saturated rings. The number of nitrogens with zero attached hydrogens (tertiary/aromatic N) is 4. The fraction of sp³-hybridized carbons (Fsp3) is 0.263. The third kappa shape index (κ3) is 3.81. The summed E-state index contributed by atoms with van der Waals surface area (Å²) >= 11 is 0. The van der Waals surface area contributed by atoms with Crippen LogP contribution in [-0.2, 0) is 4.79 Å². The molecule has 7 nitrogen and oxygen atoms in total. The molecule has 0 saturated carbocycles. The molecule has 132 valence electrons. The van der Waals surface area contributed by atoms with Crippen LogP contribution >= 0.6 is 0 Å². The Balaban J connectivity index is 1.70. The molecule has 2 heterocycles. The lowest BCUT2D eigenvalue weighted by Crippen LogP contribution is -2.54. The molecule has 26 heavy (non-hydrogen) atoms. The first-order chi connectivity index (χ1) is 12.6. The molecule has 1 saturated heterocycles. The van der Waals surface area contributed by atoms with Crippen molar-refractivity contribution < 1.29 is 9.72 Å². The number of carbonyl (C=O) groups excluding carboxylic acids is 1. The summed E-state index contributed by atoms with van der Waals surface area (Å²) in [5.41, 5.74) is 0.764. The maximum Gasteiger partial charge on any atom is 0.311 e. The first kappa shape index (κ1) is 17.4. The van der Waals surface area contributed by atoms with E-state index in [1.165, 1.54) is 12.3 Å². The van der Waals surface area contributed by atoms with Crippen LogP contribution in [0.2, 0.25) is 0 Å². The lowest BCUT2D eigenvalue weighted by Gasteiger charge is -2.39. The molecule has 0 spiro atoms. The maximum absolute atomic E-state index is 12.3. The van der Waals surface area contributed by atoms with E-state index in [0.29, 0.717) is 25.5 Å². The van der Waals surface area contributed by atoms with Crippen molar-refractivity contribution in [3.05, 3.63) is 64.3 Å². The summed E-state index contributed by atoms with van der Waals surface area (Å²) in [5, 5.41) is 11.2. The van der Waals surface area contributed by atoms with Gasteiger partial charge < -0.3 is 9.80 Å². The molecule has 1 amide bonds. The maximum atomic E-state index is 12.3. The summed E-state index contributed by atoms with van der Waals surface area (Å²) < 4.78 is 0. The number of pyridine rings is 1. The smallest absolute Gasteiger partial charge is 0.311 e. The van der Waals surface area contributed by atoms with Crippen LogP contribution < -0.4 is 4.90 Å². The lowest BCUT2D eigenvalue weighted by molar-refractivity contribution is -0.384. The van der Waals surface area contributed by atoms with Crippen LogP contribution in [0.1, 0.15) is 12.5 Å². The zero-order valence-corrected chi connectivity index (χ0v) is 14.3. The molecule has 3 rings (SSSR count). The lowest BCUT2D eigenvalue weighted by atomic mass is 10.1. The van der Waals surface area contributed by atoms with E-state index in [4.69, 9.17) is 0 Å². The van der Waals surface area contributed by atoms with Gasteiger partial charge in [0, 0.05) is 49.4 Å². The number of amides is 1. The number of anilines is 1. The topological polar surface area (TPSA) is 79.6 Å². The summed E-state index contributed by atoms with van der Waals surface area (Å²) in [6.07, 6.45) is 1.54. The van der Waals surface area contributed by atoms with Crippen molar-refractivity contribution in [1.82, 2.24) is 9.88 Å². The molecule has 0 bridgehead atoms. The van der Waals surface area contributed by atoms with E-state index in [0.717, 1.165) is 5.56 Å². The van der Waals surface area contributed by atoms with Gasteiger partial charge >= 0.3 is 5.69 Å². The molecule has 1 aliphatic rings.